The summed E-state index contributed by atoms with van der Waals surface area (Å²) in [4.78, 5) is 1.98. The number of aliphatic hydroxyl groups excluding tert-OH is 1. The van der Waals surface area contributed by atoms with Crippen LogP contribution in [0.25, 0.3) is 0 Å². The van der Waals surface area contributed by atoms with Crippen LogP contribution in [0.15, 0.2) is 48.5 Å². The molecule has 0 aliphatic rings. The van der Waals surface area contributed by atoms with E-state index in [9.17, 15) is 9.50 Å². The molecule has 0 saturated carbocycles. The van der Waals surface area contributed by atoms with Crippen molar-refractivity contribution in [1.29, 1.82) is 0 Å². The quantitative estimate of drug-likeness (QED) is 0.900. The molecule has 0 amide bonds. The lowest BCUT2D eigenvalue weighted by Gasteiger charge is -2.24. The van der Waals surface area contributed by atoms with Gasteiger partial charge in [-0.15, -0.1) is 0 Å². The molecule has 0 saturated heterocycles. The zero-order valence-electron chi connectivity index (χ0n) is 11.9. The highest BCUT2D eigenvalue weighted by Gasteiger charge is 2.16. The van der Waals surface area contributed by atoms with Crippen molar-refractivity contribution < 1.29 is 9.50 Å². The molecule has 3 heteroatoms. The summed E-state index contributed by atoms with van der Waals surface area (Å²) in [5.41, 5.74) is 2.35. The molecule has 0 unspecified atom stereocenters. The Morgan fingerprint density at radius 2 is 1.80 bits per heavy atom. The Balaban J connectivity index is 2.13. The van der Waals surface area contributed by atoms with Gasteiger partial charge in [-0.05, 0) is 31.0 Å². The summed E-state index contributed by atoms with van der Waals surface area (Å²) >= 11 is 0. The zero-order valence-corrected chi connectivity index (χ0v) is 11.9. The van der Waals surface area contributed by atoms with Gasteiger partial charge in [0.15, 0.2) is 0 Å². The monoisotopic (exact) mass is 273 g/mol. The molecule has 1 N–H and O–H groups in total. The average molecular weight is 273 g/mol. The van der Waals surface area contributed by atoms with Crippen molar-refractivity contribution in [3.05, 3.63) is 65.5 Å². The minimum Gasteiger partial charge on any atom is -0.389 e. The molecule has 2 aromatic carbocycles. The summed E-state index contributed by atoms with van der Waals surface area (Å²) in [7, 11) is 1.92. The van der Waals surface area contributed by atoms with Gasteiger partial charge < -0.3 is 10.0 Å². The van der Waals surface area contributed by atoms with Gasteiger partial charge in [0.05, 0.1) is 6.10 Å². The van der Waals surface area contributed by atoms with Crippen LogP contribution in [0.3, 0.4) is 0 Å². The van der Waals surface area contributed by atoms with Gasteiger partial charge in [0.1, 0.15) is 5.82 Å². The van der Waals surface area contributed by atoms with Gasteiger partial charge in [0, 0.05) is 24.8 Å². The second-order valence-corrected chi connectivity index (χ2v) is 5.01. The summed E-state index contributed by atoms with van der Waals surface area (Å²) in [6.07, 6.45) is 0.0676. The van der Waals surface area contributed by atoms with Crippen molar-refractivity contribution in [3.63, 3.8) is 0 Å². The fraction of sp³-hybridized carbons (Fsp3) is 0.294. The van der Waals surface area contributed by atoms with Crippen LogP contribution in [0.4, 0.5) is 10.1 Å². The molecule has 106 valence electrons. The van der Waals surface area contributed by atoms with Crippen molar-refractivity contribution in [2.75, 3.05) is 18.5 Å². The van der Waals surface area contributed by atoms with E-state index in [0.29, 0.717) is 5.56 Å². The topological polar surface area (TPSA) is 23.5 Å². The van der Waals surface area contributed by atoms with Crippen LogP contribution in [0.1, 0.15) is 24.2 Å². The highest BCUT2D eigenvalue weighted by molar-refractivity contribution is 5.54. The van der Waals surface area contributed by atoms with Crippen molar-refractivity contribution in [3.8, 4) is 0 Å². The van der Waals surface area contributed by atoms with E-state index in [2.05, 4.69) is 12.1 Å². The number of likely N-dealkylation sites (N-methyl/N-ethyl adjacent to an activating group) is 1. The van der Waals surface area contributed by atoms with E-state index in [1.807, 2.05) is 36.2 Å². The lowest BCUT2D eigenvalue weighted by atomic mass is 10.1. The normalized spacial score (nSPS) is 12.2. The number of halogens is 1. The van der Waals surface area contributed by atoms with Crippen LogP contribution in [-0.2, 0) is 6.42 Å². The van der Waals surface area contributed by atoms with Gasteiger partial charge >= 0.3 is 0 Å². The molecule has 2 rings (SSSR count). The highest BCUT2D eigenvalue weighted by atomic mass is 19.1. The third-order valence-corrected chi connectivity index (χ3v) is 3.44. The van der Waals surface area contributed by atoms with Crippen LogP contribution in [0.5, 0.6) is 0 Å². The molecule has 0 heterocycles. The molecule has 2 nitrogen and oxygen atoms in total. The molecule has 0 aliphatic heterocycles. The molecule has 0 radical (unpaired) electrons. The molecular weight excluding hydrogens is 253 g/mol. The Morgan fingerprint density at radius 1 is 1.10 bits per heavy atom. The SMILES string of the molecule is C[C@@H](O)c1c(F)cccc1N(C)CCc1ccccc1. The third kappa shape index (κ3) is 3.36. The molecule has 20 heavy (non-hydrogen) atoms. The van der Waals surface area contributed by atoms with Gasteiger partial charge in [0.25, 0.3) is 0 Å². The average Bonchev–Trinajstić information content (AvgIpc) is 2.45. The summed E-state index contributed by atoms with van der Waals surface area (Å²) in [5.74, 6) is -0.357. The minimum absolute atomic E-state index is 0.357. The standard InChI is InChI=1S/C17H20FNO/c1-13(20)17-15(18)9-6-10-16(17)19(2)12-11-14-7-4-3-5-8-14/h3-10,13,20H,11-12H2,1-2H3/t13-/m1/s1. The Bertz CT molecular complexity index is 554. The smallest absolute Gasteiger partial charge is 0.131 e. The Kier molecular flexibility index (Phi) is 4.74. The molecular formula is C17H20FNO. The number of aliphatic hydroxyl groups is 1. The third-order valence-electron chi connectivity index (χ3n) is 3.44. The lowest BCUT2D eigenvalue weighted by molar-refractivity contribution is 0.194. The van der Waals surface area contributed by atoms with E-state index in [1.165, 1.54) is 11.6 Å². The first-order valence-corrected chi connectivity index (χ1v) is 6.81. The first-order valence-electron chi connectivity index (χ1n) is 6.81. The fourth-order valence-corrected chi connectivity index (χ4v) is 2.33. The van der Waals surface area contributed by atoms with Gasteiger partial charge in [0.2, 0.25) is 0 Å². The predicted molar refractivity (Wildman–Crippen MR) is 80.4 cm³/mol. The van der Waals surface area contributed by atoms with Crippen LogP contribution >= 0.6 is 0 Å². The first-order chi connectivity index (χ1) is 9.59. The number of nitrogens with zero attached hydrogens (tertiary/aromatic N) is 1. The zero-order chi connectivity index (χ0) is 14.5. The van der Waals surface area contributed by atoms with E-state index in [1.54, 1.807) is 13.0 Å². The van der Waals surface area contributed by atoms with Crippen LogP contribution < -0.4 is 4.90 Å². The first kappa shape index (κ1) is 14.5. The molecule has 2 aromatic rings. The maximum atomic E-state index is 13.8. The molecule has 0 aromatic heterocycles. The van der Waals surface area contributed by atoms with Gasteiger partial charge in [-0.1, -0.05) is 36.4 Å². The summed E-state index contributed by atoms with van der Waals surface area (Å²) in [6.45, 7) is 2.36. The van der Waals surface area contributed by atoms with Gasteiger partial charge in [-0.2, -0.15) is 0 Å². The summed E-state index contributed by atoms with van der Waals surface area (Å²) in [6, 6.07) is 15.1. The van der Waals surface area contributed by atoms with Crippen molar-refractivity contribution >= 4 is 5.69 Å². The van der Waals surface area contributed by atoms with Crippen molar-refractivity contribution in [1.82, 2.24) is 0 Å². The Hall–Kier alpha value is -1.87. The van der Waals surface area contributed by atoms with Gasteiger partial charge in [-0.25, -0.2) is 4.39 Å². The fourth-order valence-electron chi connectivity index (χ4n) is 2.33. The van der Waals surface area contributed by atoms with Crippen molar-refractivity contribution in [2.45, 2.75) is 19.4 Å². The van der Waals surface area contributed by atoms with E-state index >= 15 is 0 Å². The number of anilines is 1. The summed E-state index contributed by atoms with van der Waals surface area (Å²) < 4.78 is 13.8. The Labute approximate surface area is 119 Å². The number of benzene rings is 2. The highest BCUT2D eigenvalue weighted by Crippen LogP contribution is 2.28. The molecule has 0 aliphatic carbocycles. The Morgan fingerprint density at radius 3 is 2.45 bits per heavy atom. The van der Waals surface area contributed by atoms with Crippen LogP contribution in [0.2, 0.25) is 0 Å². The summed E-state index contributed by atoms with van der Waals surface area (Å²) in [5, 5.41) is 9.75. The minimum atomic E-state index is -0.814. The second kappa shape index (κ2) is 6.53. The molecule has 0 spiro atoms. The lowest BCUT2D eigenvalue weighted by Crippen LogP contribution is -2.22. The maximum absolute atomic E-state index is 13.8. The number of hydrogen-bond donors (Lipinski definition) is 1. The number of rotatable bonds is 5. The maximum Gasteiger partial charge on any atom is 0.131 e. The number of hydrogen-bond acceptors (Lipinski definition) is 2. The van der Waals surface area contributed by atoms with E-state index in [4.69, 9.17) is 0 Å². The van der Waals surface area contributed by atoms with Gasteiger partial charge in [-0.3, -0.25) is 0 Å². The van der Waals surface area contributed by atoms with E-state index in [0.717, 1.165) is 18.7 Å². The molecule has 0 bridgehead atoms. The van der Waals surface area contributed by atoms with Crippen molar-refractivity contribution in [2.24, 2.45) is 0 Å². The van der Waals surface area contributed by atoms with Crippen LogP contribution in [-0.4, -0.2) is 18.7 Å². The predicted octanol–water partition coefficient (Wildman–Crippen LogP) is 3.56. The van der Waals surface area contributed by atoms with E-state index < -0.39 is 6.10 Å². The van der Waals surface area contributed by atoms with E-state index in [-0.39, 0.29) is 5.82 Å². The second-order valence-electron chi connectivity index (χ2n) is 5.01. The largest absolute Gasteiger partial charge is 0.389 e. The molecule has 1 atom stereocenters. The van der Waals surface area contributed by atoms with Crippen LogP contribution in [0, 0.1) is 5.82 Å². The molecule has 0 fully saturated rings.